The summed E-state index contributed by atoms with van der Waals surface area (Å²) in [6.45, 7) is -0.438. The molecule has 5 N–H and O–H groups in total. The summed E-state index contributed by atoms with van der Waals surface area (Å²) in [5.74, 6) is 0.166. The number of nitrogens with zero attached hydrogens (tertiary/aromatic N) is 2. The molecular formula is C22H26N2O7. The van der Waals surface area contributed by atoms with Crippen LogP contribution in [0.3, 0.4) is 0 Å². The minimum absolute atomic E-state index is 0.126. The summed E-state index contributed by atoms with van der Waals surface area (Å²) in [4.78, 5) is 0. The number of ether oxygens (including phenoxy) is 2. The van der Waals surface area contributed by atoms with Crippen molar-refractivity contribution in [2.75, 3.05) is 13.2 Å². The molecule has 0 saturated carbocycles. The van der Waals surface area contributed by atoms with Crippen molar-refractivity contribution < 1.29 is 35.0 Å². The molecule has 0 radical (unpaired) electrons. The Hall–Kier alpha value is -2.53. The maximum atomic E-state index is 10.4. The van der Waals surface area contributed by atoms with E-state index in [-0.39, 0.29) is 19.0 Å². The van der Waals surface area contributed by atoms with E-state index in [0.717, 1.165) is 16.6 Å². The van der Waals surface area contributed by atoms with E-state index in [9.17, 15) is 25.5 Å². The van der Waals surface area contributed by atoms with Gasteiger partial charge in [0.1, 0.15) is 24.4 Å². The zero-order valence-corrected chi connectivity index (χ0v) is 16.8. The standard InChI is InChI=1S/C22H26N2O7/c25-10-9-24-15-8-4-7-14(11-13-5-2-1-3-6-13)17(15)21(23-24)31-22-20(29)19(28)18(27)16(12-26)30-22/h1-8,16,18-20,22,25-29H,9-12H2/t16-,18-,19+,20-,22+/m1/s1. The van der Waals surface area contributed by atoms with Gasteiger partial charge < -0.3 is 35.0 Å². The molecule has 5 atom stereocenters. The van der Waals surface area contributed by atoms with Crippen LogP contribution in [0.4, 0.5) is 0 Å². The van der Waals surface area contributed by atoms with Gasteiger partial charge in [-0.3, -0.25) is 4.68 Å². The summed E-state index contributed by atoms with van der Waals surface area (Å²) < 4.78 is 12.9. The molecule has 1 aliphatic heterocycles. The number of fused-ring (bicyclic) bond motifs is 1. The molecule has 0 bridgehead atoms. The Morgan fingerprint density at radius 3 is 2.42 bits per heavy atom. The van der Waals surface area contributed by atoms with Crippen molar-refractivity contribution in [2.45, 2.75) is 43.7 Å². The highest BCUT2D eigenvalue weighted by Crippen LogP contribution is 2.33. The first kappa shape index (κ1) is 21.7. The van der Waals surface area contributed by atoms with Crippen molar-refractivity contribution in [3.05, 3.63) is 59.7 Å². The van der Waals surface area contributed by atoms with E-state index in [4.69, 9.17) is 9.47 Å². The molecule has 4 rings (SSSR count). The van der Waals surface area contributed by atoms with Crippen molar-refractivity contribution in [3.8, 4) is 5.88 Å². The van der Waals surface area contributed by atoms with Crippen LogP contribution in [0.25, 0.3) is 10.9 Å². The molecule has 31 heavy (non-hydrogen) atoms. The van der Waals surface area contributed by atoms with E-state index in [2.05, 4.69) is 5.10 Å². The first-order valence-corrected chi connectivity index (χ1v) is 10.1. The van der Waals surface area contributed by atoms with Crippen molar-refractivity contribution in [1.29, 1.82) is 0 Å². The Balaban J connectivity index is 1.72. The minimum atomic E-state index is -1.55. The van der Waals surface area contributed by atoms with E-state index >= 15 is 0 Å². The minimum Gasteiger partial charge on any atom is -0.443 e. The Kier molecular flexibility index (Phi) is 6.51. The number of aliphatic hydroxyl groups is 5. The summed E-state index contributed by atoms with van der Waals surface area (Å²) in [5.41, 5.74) is 2.75. The third-order valence-electron chi connectivity index (χ3n) is 5.46. The van der Waals surface area contributed by atoms with Gasteiger partial charge in [0, 0.05) is 0 Å². The molecular weight excluding hydrogens is 404 g/mol. The molecule has 0 spiro atoms. The third-order valence-corrected chi connectivity index (χ3v) is 5.46. The van der Waals surface area contributed by atoms with Gasteiger partial charge in [-0.15, -0.1) is 5.10 Å². The first-order chi connectivity index (χ1) is 15.0. The van der Waals surface area contributed by atoms with E-state index in [1.54, 1.807) is 4.68 Å². The highest BCUT2D eigenvalue weighted by atomic mass is 16.7. The topological polar surface area (TPSA) is 137 Å². The number of hydrogen-bond acceptors (Lipinski definition) is 8. The molecule has 1 aliphatic rings. The Morgan fingerprint density at radius 1 is 0.935 bits per heavy atom. The Labute approximate surface area is 178 Å². The normalized spacial score (nSPS) is 26.3. The van der Waals surface area contributed by atoms with Crippen LogP contribution < -0.4 is 4.74 Å². The molecule has 9 heteroatoms. The molecule has 9 nitrogen and oxygen atoms in total. The van der Waals surface area contributed by atoms with E-state index in [1.807, 2.05) is 48.5 Å². The molecule has 1 saturated heterocycles. The quantitative estimate of drug-likeness (QED) is 0.348. The van der Waals surface area contributed by atoms with Crippen LogP contribution in [0.5, 0.6) is 5.88 Å². The van der Waals surface area contributed by atoms with Gasteiger partial charge in [0.2, 0.25) is 12.2 Å². The molecule has 1 fully saturated rings. The molecule has 0 unspecified atom stereocenters. The van der Waals surface area contributed by atoms with E-state index < -0.39 is 37.3 Å². The summed E-state index contributed by atoms with van der Waals surface area (Å²) in [7, 11) is 0. The number of aromatic nitrogens is 2. The fraction of sp³-hybridized carbons (Fsp3) is 0.409. The highest BCUT2D eigenvalue weighted by molar-refractivity contribution is 5.88. The van der Waals surface area contributed by atoms with Crippen LogP contribution in [-0.2, 0) is 17.7 Å². The number of hydrogen-bond donors (Lipinski definition) is 5. The molecule has 0 aliphatic carbocycles. The van der Waals surface area contributed by atoms with Gasteiger partial charge in [0.05, 0.1) is 30.7 Å². The summed E-state index contributed by atoms with van der Waals surface area (Å²) in [6.07, 6.45) is -6.40. The number of benzene rings is 2. The Bertz CT molecular complexity index is 1010. The predicted molar refractivity (Wildman–Crippen MR) is 110 cm³/mol. The summed E-state index contributed by atoms with van der Waals surface area (Å²) in [5, 5.41) is 54.4. The lowest BCUT2D eigenvalue weighted by atomic mass is 9.99. The molecule has 2 aromatic carbocycles. The van der Waals surface area contributed by atoms with Gasteiger partial charge in [-0.1, -0.05) is 42.5 Å². The second-order valence-corrected chi connectivity index (χ2v) is 7.54. The lowest BCUT2D eigenvalue weighted by Gasteiger charge is -2.39. The second kappa shape index (κ2) is 9.31. The smallest absolute Gasteiger partial charge is 0.243 e. The van der Waals surface area contributed by atoms with Crippen molar-refractivity contribution in [2.24, 2.45) is 0 Å². The van der Waals surface area contributed by atoms with Gasteiger partial charge in [-0.25, -0.2) is 0 Å². The van der Waals surface area contributed by atoms with Crippen LogP contribution in [0.15, 0.2) is 48.5 Å². The number of rotatable bonds is 7. The zero-order chi connectivity index (χ0) is 22.0. The van der Waals surface area contributed by atoms with Gasteiger partial charge in [-0.2, -0.15) is 0 Å². The van der Waals surface area contributed by atoms with Crippen molar-refractivity contribution in [3.63, 3.8) is 0 Å². The summed E-state index contributed by atoms with van der Waals surface area (Å²) in [6, 6.07) is 15.6. The molecule has 166 valence electrons. The van der Waals surface area contributed by atoms with Gasteiger partial charge in [-0.05, 0) is 23.6 Å². The van der Waals surface area contributed by atoms with Crippen LogP contribution in [-0.4, -0.2) is 79.2 Å². The van der Waals surface area contributed by atoms with Crippen molar-refractivity contribution >= 4 is 10.9 Å². The second-order valence-electron chi connectivity index (χ2n) is 7.54. The largest absolute Gasteiger partial charge is 0.443 e. The maximum Gasteiger partial charge on any atom is 0.243 e. The number of aliphatic hydroxyl groups excluding tert-OH is 5. The third kappa shape index (κ3) is 4.29. The van der Waals surface area contributed by atoms with E-state index in [1.165, 1.54) is 0 Å². The summed E-state index contributed by atoms with van der Waals surface area (Å²) >= 11 is 0. The van der Waals surface area contributed by atoms with Crippen LogP contribution in [0.2, 0.25) is 0 Å². The monoisotopic (exact) mass is 430 g/mol. The average molecular weight is 430 g/mol. The molecule has 1 aromatic heterocycles. The fourth-order valence-electron chi connectivity index (χ4n) is 3.85. The van der Waals surface area contributed by atoms with Gasteiger partial charge >= 0.3 is 0 Å². The van der Waals surface area contributed by atoms with Gasteiger partial charge in [0.25, 0.3) is 0 Å². The van der Waals surface area contributed by atoms with Crippen LogP contribution in [0, 0.1) is 0 Å². The fourth-order valence-corrected chi connectivity index (χ4v) is 3.85. The van der Waals surface area contributed by atoms with Crippen molar-refractivity contribution in [1.82, 2.24) is 9.78 Å². The SMILES string of the molecule is OCCn1nc(O[C@@H]2O[C@H](CO)[C@@H](O)[C@H](O)[C@H]2O)c2c(Cc3ccccc3)cccc21. The lowest BCUT2D eigenvalue weighted by Crippen LogP contribution is -2.60. The lowest BCUT2D eigenvalue weighted by molar-refractivity contribution is -0.278. The average Bonchev–Trinajstić information content (AvgIpc) is 3.13. The van der Waals surface area contributed by atoms with Gasteiger partial charge in [0.15, 0.2) is 0 Å². The molecule has 3 aromatic rings. The van der Waals surface area contributed by atoms with E-state index in [0.29, 0.717) is 11.8 Å². The Morgan fingerprint density at radius 2 is 1.71 bits per heavy atom. The van der Waals surface area contributed by atoms with Crippen LogP contribution in [0.1, 0.15) is 11.1 Å². The zero-order valence-electron chi connectivity index (χ0n) is 16.8. The highest BCUT2D eigenvalue weighted by Gasteiger charge is 2.45. The molecule has 0 amide bonds. The first-order valence-electron chi connectivity index (χ1n) is 10.1. The molecule has 2 heterocycles. The predicted octanol–water partition coefficient (Wildman–Crippen LogP) is -0.202. The maximum absolute atomic E-state index is 10.4. The van der Waals surface area contributed by atoms with Crippen LogP contribution >= 0.6 is 0 Å².